The van der Waals surface area contributed by atoms with Crippen LogP contribution in [0, 0.1) is 11.6 Å². The van der Waals surface area contributed by atoms with Crippen LogP contribution in [0.5, 0.6) is 5.75 Å². The van der Waals surface area contributed by atoms with Crippen molar-refractivity contribution in [1.82, 2.24) is 0 Å². The van der Waals surface area contributed by atoms with Crippen molar-refractivity contribution < 1.29 is 23.1 Å². The van der Waals surface area contributed by atoms with Crippen molar-refractivity contribution in [3.05, 3.63) is 71.3 Å². The van der Waals surface area contributed by atoms with Gasteiger partial charge < -0.3 is 4.74 Å². The van der Waals surface area contributed by atoms with E-state index in [0.717, 1.165) is 18.2 Å². The maximum atomic E-state index is 13.1. The van der Waals surface area contributed by atoms with Gasteiger partial charge in [0, 0.05) is 0 Å². The highest BCUT2D eigenvalue weighted by Crippen LogP contribution is 2.16. The number of carbonyl (C=O) groups excluding carboxylic acids is 2. The minimum Gasteiger partial charge on any atom is -0.423 e. The lowest BCUT2D eigenvalue weighted by atomic mass is 10.2. The molecule has 0 amide bonds. The molecule has 0 aliphatic rings. The van der Waals surface area contributed by atoms with E-state index in [4.69, 9.17) is 16.3 Å². The van der Waals surface area contributed by atoms with Gasteiger partial charge in [-0.2, -0.15) is 0 Å². The van der Waals surface area contributed by atoms with Crippen LogP contribution in [0.1, 0.15) is 15.9 Å². The molecule has 0 fully saturated rings. The molecule has 0 heterocycles. The summed E-state index contributed by atoms with van der Waals surface area (Å²) in [4.78, 5) is 22.4. The molecule has 112 valence electrons. The van der Waals surface area contributed by atoms with Crippen molar-refractivity contribution in [1.29, 1.82) is 0 Å². The van der Waals surface area contributed by atoms with Crippen LogP contribution in [0.15, 0.2) is 48.5 Å². The van der Waals surface area contributed by atoms with Gasteiger partial charge in [-0.15, -0.1) is 0 Å². The molecule has 0 atom stereocenters. The molecule has 22 heavy (non-hydrogen) atoms. The first-order chi connectivity index (χ1) is 10.5. The third-order valence-corrected chi connectivity index (χ3v) is 2.78. The number of ether oxygens (including phenoxy) is 1. The van der Waals surface area contributed by atoms with Crippen molar-refractivity contribution >= 4 is 28.9 Å². The maximum Gasteiger partial charge on any atom is 0.343 e. The zero-order valence-electron chi connectivity index (χ0n) is 11.1. The van der Waals surface area contributed by atoms with E-state index >= 15 is 0 Å². The number of hydrogen-bond acceptors (Lipinski definition) is 3. The molecule has 0 radical (unpaired) electrons. The molecule has 2 aromatic carbocycles. The Labute approximate surface area is 129 Å². The summed E-state index contributed by atoms with van der Waals surface area (Å²) in [6, 6.07) is 8.94. The molecular formula is C16H9ClF2O3. The molecule has 0 aromatic heterocycles. The molecule has 0 saturated heterocycles. The average molecular weight is 323 g/mol. The topological polar surface area (TPSA) is 43.4 Å². The minimum absolute atomic E-state index is 0.101. The predicted octanol–water partition coefficient (Wildman–Crippen LogP) is 3.96. The molecule has 2 rings (SSSR count). The largest absolute Gasteiger partial charge is 0.423 e. The third kappa shape index (κ3) is 4.23. The van der Waals surface area contributed by atoms with Gasteiger partial charge in [0.2, 0.25) is 5.24 Å². The van der Waals surface area contributed by atoms with Crippen LogP contribution in [0.4, 0.5) is 8.78 Å². The first kappa shape index (κ1) is 15.9. The zero-order chi connectivity index (χ0) is 16.1. The Morgan fingerprint density at radius 1 is 1.00 bits per heavy atom. The molecule has 0 aliphatic heterocycles. The van der Waals surface area contributed by atoms with Crippen molar-refractivity contribution in [2.75, 3.05) is 0 Å². The normalized spacial score (nSPS) is 10.7. The standard InChI is InChI=1S/C16H9ClF2O3/c17-15(20)8-3-10-1-5-12(6-2-10)22-16(21)11-4-7-13(18)14(19)9-11/h1-9H/b8-3+. The summed E-state index contributed by atoms with van der Waals surface area (Å²) in [6.07, 6.45) is 2.68. The lowest BCUT2D eigenvalue weighted by molar-refractivity contribution is -0.107. The Morgan fingerprint density at radius 3 is 2.27 bits per heavy atom. The van der Waals surface area contributed by atoms with E-state index in [9.17, 15) is 18.4 Å². The van der Waals surface area contributed by atoms with Gasteiger partial charge in [0.15, 0.2) is 11.6 Å². The van der Waals surface area contributed by atoms with E-state index in [1.54, 1.807) is 12.1 Å². The summed E-state index contributed by atoms with van der Waals surface area (Å²) in [5.41, 5.74) is 0.581. The molecule has 0 bridgehead atoms. The fourth-order valence-corrected chi connectivity index (χ4v) is 1.66. The summed E-state index contributed by atoms with van der Waals surface area (Å²) in [7, 11) is 0. The summed E-state index contributed by atoms with van der Waals surface area (Å²) in [5.74, 6) is -2.75. The van der Waals surface area contributed by atoms with Gasteiger partial charge >= 0.3 is 5.97 Å². The van der Waals surface area contributed by atoms with Gasteiger partial charge in [0.25, 0.3) is 0 Å². The molecule has 0 N–H and O–H groups in total. The van der Waals surface area contributed by atoms with E-state index in [0.29, 0.717) is 5.56 Å². The summed E-state index contributed by atoms with van der Waals surface area (Å²) in [6.45, 7) is 0. The molecule has 0 aliphatic carbocycles. The van der Waals surface area contributed by atoms with E-state index in [2.05, 4.69) is 0 Å². The molecule has 0 spiro atoms. The number of allylic oxidation sites excluding steroid dienone is 1. The van der Waals surface area contributed by atoms with Crippen molar-refractivity contribution in [3.8, 4) is 5.75 Å². The van der Waals surface area contributed by atoms with Gasteiger partial charge in [-0.1, -0.05) is 18.2 Å². The van der Waals surface area contributed by atoms with Crippen LogP contribution in [0.2, 0.25) is 0 Å². The predicted molar refractivity (Wildman–Crippen MR) is 77.7 cm³/mol. The van der Waals surface area contributed by atoms with Crippen molar-refractivity contribution in [2.45, 2.75) is 0 Å². The Kier molecular flexibility index (Phi) is 5.01. The number of benzene rings is 2. The highest BCUT2D eigenvalue weighted by Gasteiger charge is 2.11. The number of hydrogen-bond donors (Lipinski definition) is 0. The minimum atomic E-state index is -1.12. The number of carbonyl (C=O) groups is 2. The lowest BCUT2D eigenvalue weighted by Gasteiger charge is -2.05. The van der Waals surface area contributed by atoms with E-state index in [1.807, 2.05) is 0 Å². The van der Waals surface area contributed by atoms with Crippen molar-refractivity contribution in [3.63, 3.8) is 0 Å². The molecular weight excluding hydrogens is 314 g/mol. The van der Waals surface area contributed by atoms with Crippen LogP contribution < -0.4 is 4.74 Å². The first-order valence-electron chi connectivity index (χ1n) is 6.10. The molecule has 0 unspecified atom stereocenters. The smallest absolute Gasteiger partial charge is 0.343 e. The highest BCUT2D eigenvalue weighted by molar-refractivity contribution is 6.66. The number of halogens is 3. The maximum absolute atomic E-state index is 13.1. The SMILES string of the molecule is O=C(Cl)/C=C/c1ccc(OC(=O)c2ccc(F)c(F)c2)cc1. The van der Waals surface area contributed by atoms with Gasteiger partial charge in [0.1, 0.15) is 5.75 Å². The fraction of sp³-hybridized carbons (Fsp3) is 0. The first-order valence-corrected chi connectivity index (χ1v) is 6.48. The van der Waals surface area contributed by atoms with Crippen molar-refractivity contribution in [2.24, 2.45) is 0 Å². The van der Waals surface area contributed by atoms with Crippen LogP contribution in [0.3, 0.4) is 0 Å². The third-order valence-electron chi connectivity index (χ3n) is 2.65. The lowest BCUT2D eigenvalue weighted by Crippen LogP contribution is -2.09. The van der Waals surface area contributed by atoms with Crippen LogP contribution >= 0.6 is 11.6 Å². The summed E-state index contributed by atoms with van der Waals surface area (Å²) >= 11 is 5.17. The fourth-order valence-electron chi connectivity index (χ4n) is 1.60. The van der Waals surface area contributed by atoms with E-state index in [-0.39, 0.29) is 11.3 Å². The summed E-state index contributed by atoms with van der Waals surface area (Å²) in [5, 5.41) is -0.603. The molecule has 2 aromatic rings. The van der Waals surface area contributed by atoms with E-state index < -0.39 is 22.8 Å². The van der Waals surface area contributed by atoms with E-state index in [1.165, 1.54) is 24.3 Å². The van der Waals surface area contributed by atoms with Crippen LogP contribution in [0.25, 0.3) is 6.08 Å². The van der Waals surface area contributed by atoms with Gasteiger partial charge in [0.05, 0.1) is 5.56 Å². The monoisotopic (exact) mass is 322 g/mol. The average Bonchev–Trinajstić information content (AvgIpc) is 2.49. The second-order valence-electron chi connectivity index (χ2n) is 4.22. The van der Waals surface area contributed by atoms with Gasteiger partial charge in [-0.25, -0.2) is 13.6 Å². The van der Waals surface area contributed by atoms with Crippen LogP contribution in [-0.2, 0) is 4.79 Å². The van der Waals surface area contributed by atoms with Gasteiger partial charge in [-0.05, 0) is 53.6 Å². The molecule has 0 saturated carbocycles. The highest BCUT2D eigenvalue weighted by atomic mass is 35.5. The Bertz CT molecular complexity index is 740. The number of rotatable bonds is 4. The quantitative estimate of drug-likeness (QED) is 0.370. The molecule has 6 heteroatoms. The summed E-state index contributed by atoms with van der Waals surface area (Å²) < 4.78 is 30.9. The Hall–Kier alpha value is -2.53. The Balaban J connectivity index is 2.08. The van der Waals surface area contributed by atoms with Crippen LogP contribution in [-0.4, -0.2) is 11.2 Å². The number of esters is 1. The molecule has 3 nitrogen and oxygen atoms in total. The second kappa shape index (κ2) is 6.95. The van der Waals surface area contributed by atoms with Gasteiger partial charge in [-0.3, -0.25) is 4.79 Å². The Morgan fingerprint density at radius 2 is 1.68 bits per heavy atom. The second-order valence-corrected chi connectivity index (χ2v) is 4.60. The zero-order valence-corrected chi connectivity index (χ0v) is 11.8.